The van der Waals surface area contributed by atoms with Gasteiger partial charge in [0.15, 0.2) is 0 Å². The molecule has 3 nitrogen and oxygen atoms in total. The summed E-state index contributed by atoms with van der Waals surface area (Å²) >= 11 is 1.90. The number of aryl methyl sites for hydroxylation is 1. The average molecular weight is 473 g/mol. The molecular formula is C16H19F3INO2S. The largest absolute Gasteiger partial charge is 0.389 e. The second-order valence-corrected chi connectivity index (χ2v) is 9.88. The van der Waals surface area contributed by atoms with Gasteiger partial charge in [-0.2, -0.15) is 17.5 Å². The van der Waals surface area contributed by atoms with Crippen LogP contribution in [0.4, 0.5) is 13.2 Å². The van der Waals surface area contributed by atoms with Crippen molar-refractivity contribution < 1.29 is 21.6 Å². The maximum Gasteiger partial charge on any atom is 0.389 e. The number of hydrogen-bond acceptors (Lipinski definition) is 2. The zero-order valence-corrected chi connectivity index (χ0v) is 16.4. The lowest BCUT2D eigenvalue weighted by atomic mass is 9.77. The van der Waals surface area contributed by atoms with E-state index in [4.69, 9.17) is 0 Å². The van der Waals surface area contributed by atoms with E-state index in [-0.39, 0.29) is 18.0 Å². The van der Waals surface area contributed by atoms with Crippen LogP contribution in [-0.2, 0) is 10.0 Å². The fourth-order valence-corrected chi connectivity index (χ4v) is 5.70. The van der Waals surface area contributed by atoms with Gasteiger partial charge in [-0.15, -0.1) is 0 Å². The van der Waals surface area contributed by atoms with E-state index in [1.807, 2.05) is 29.5 Å². The fraction of sp³-hybridized carbons (Fsp3) is 0.500. The van der Waals surface area contributed by atoms with Crippen molar-refractivity contribution in [2.45, 2.75) is 31.3 Å². The van der Waals surface area contributed by atoms with Gasteiger partial charge in [0.05, 0.1) is 11.3 Å². The molecular weight excluding hydrogens is 454 g/mol. The van der Waals surface area contributed by atoms with Crippen LogP contribution in [0.15, 0.2) is 39.3 Å². The van der Waals surface area contributed by atoms with Crippen molar-refractivity contribution in [1.29, 1.82) is 0 Å². The van der Waals surface area contributed by atoms with Crippen molar-refractivity contribution in [1.82, 2.24) is 4.31 Å². The first kappa shape index (κ1) is 19.7. The highest BCUT2D eigenvalue weighted by Gasteiger charge is 2.52. The molecule has 1 aromatic carbocycles. The van der Waals surface area contributed by atoms with Crippen LogP contribution in [0.5, 0.6) is 0 Å². The molecule has 1 aliphatic heterocycles. The van der Waals surface area contributed by atoms with Crippen LogP contribution >= 0.6 is 22.6 Å². The van der Waals surface area contributed by atoms with Crippen molar-refractivity contribution in [2.24, 2.45) is 11.3 Å². The molecule has 8 heteroatoms. The molecule has 134 valence electrons. The third kappa shape index (κ3) is 4.13. The highest BCUT2D eigenvalue weighted by atomic mass is 127. The summed E-state index contributed by atoms with van der Waals surface area (Å²) < 4.78 is 66.2. The molecule has 2 unspecified atom stereocenters. The summed E-state index contributed by atoms with van der Waals surface area (Å²) in [5.41, 5.74) is -0.301. The Morgan fingerprint density at radius 1 is 1.38 bits per heavy atom. The summed E-state index contributed by atoms with van der Waals surface area (Å²) in [6.07, 6.45) is -5.39. The first-order valence-corrected chi connectivity index (χ1v) is 9.85. The first-order chi connectivity index (χ1) is 10.8. The summed E-state index contributed by atoms with van der Waals surface area (Å²) in [5.74, 6) is -0.542. The standard InChI is InChI=1S/C16H19F3INO2S/c1-11-4-6-13(7-5-11)24(22,23)21-8-14(12(2)20)15(3,10-21)9-16(17,18)19/h4-7,14H,2,8-10H2,1,3H3. The third-order valence-corrected chi connectivity index (χ3v) is 6.98. The van der Waals surface area contributed by atoms with Crippen molar-refractivity contribution in [3.8, 4) is 0 Å². The predicted octanol–water partition coefficient (Wildman–Crippen LogP) is 4.52. The Bertz CT molecular complexity index is 731. The Balaban J connectivity index is 2.36. The second kappa shape index (κ2) is 6.60. The normalized spacial score (nSPS) is 25.8. The molecule has 1 aliphatic rings. The molecule has 0 aliphatic carbocycles. The molecule has 0 aromatic heterocycles. The molecule has 0 saturated carbocycles. The number of benzene rings is 1. The van der Waals surface area contributed by atoms with E-state index in [1.54, 1.807) is 12.1 Å². The summed E-state index contributed by atoms with van der Waals surface area (Å²) in [4.78, 5) is 0.0992. The molecule has 0 radical (unpaired) electrons. The minimum absolute atomic E-state index is 0.0184. The molecule has 1 saturated heterocycles. The number of halogens is 4. The van der Waals surface area contributed by atoms with Crippen LogP contribution in [0, 0.1) is 18.3 Å². The van der Waals surface area contributed by atoms with Crippen molar-refractivity contribution in [2.75, 3.05) is 13.1 Å². The Morgan fingerprint density at radius 2 is 1.92 bits per heavy atom. The van der Waals surface area contributed by atoms with Crippen molar-refractivity contribution in [3.05, 3.63) is 40.0 Å². The van der Waals surface area contributed by atoms with E-state index in [2.05, 4.69) is 6.58 Å². The summed E-state index contributed by atoms with van der Waals surface area (Å²) in [6.45, 7) is 6.93. The Kier molecular flexibility index (Phi) is 5.42. The molecule has 0 N–H and O–H groups in total. The summed E-state index contributed by atoms with van der Waals surface area (Å²) in [6, 6.07) is 6.31. The zero-order valence-electron chi connectivity index (χ0n) is 13.4. The topological polar surface area (TPSA) is 37.4 Å². The molecule has 1 fully saturated rings. The SMILES string of the molecule is C=C(I)C1CN(S(=O)(=O)c2ccc(C)cc2)CC1(C)CC(F)(F)F. The van der Waals surface area contributed by atoms with Gasteiger partial charge in [0.1, 0.15) is 0 Å². The summed E-state index contributed by atoms with van der Waals surface area (Å²) in [5, 5.41) is 0. The second-order valence-electron chi connectivity index (χ2n) is 6.56. The predicted molar refractivity (Wildman–Crippen MR) is 95.4 cm³/mol. The molecule has 1 heterocycles. The van der Waals surface area contributed by atoms with E-state index in [1.165, 1.54) is 19.1 Å². The van der Waals surface area contributed by atoms with Gasteiger partial charge in [-0.3, -0.25) is 0 Å². The van der Waals surface area contributed by atoms with Crippen LogP contribution in [-0.4, -0.2) is 32.0 Å². The highest BCUT2D eigenvalue weighted by molar-refractivity contribution is 14.1. The van der Waals surface area contributed by atoms with Crippen LogP contribution in [0.3, 0.4) is 0 Å². The summed E-state index contributed by atoms with van der Waals surface area (Å²) in [7, 11) is -3.83. The Morgan fingerprint density at radius 3 is 2.38 bits per heavy atom. The van der Waals surface area contributed by atoms with Gasteiger partial charge in [0.2, 0.25) is 10.0 Å². The monoisotopic (exact) mass is 473 g/mol. The lowest BCUT2D eigenvalue weighted by Gasteiger charge is -2.31. The smallest absolute Gasteiger partial charge is 0.207 e. The molecule has 0 spiro atoms. The van der Waals surface area contributed by atoms with Crippen molar-refractivity contribution >= 4 is 32.6 Å². The quantitative estimate of drug-likeness (QED) is 0.604. The van der Waals surface area contributed by atoms with Gasteiger partial charge >= 0.3 is 6.18 Å². The zero-order chi connectivity index (χ0) is 18.3. The number of hydrogen-bond donors (Lipinski definition) is 0. The maximum absolute atomic E-state index is 13.0. The lowest BCUT2D eigenvalue weighted by molar-refractivity contribution is -0.157. The maximum atomic E-state index is 13.0. The van der Waals surface area contributed by atoms with Crippen molar-refractivity contribution in [3.63, 3.8) is 0 Å². The minimum atomic E-state index is -4.36. The van der Waals surface area contributed by atoms with Crippen LogP contribution in [0.1, 0.15) is 18.9 Å². The molecule has 2 rings (SSSR count). The number of nitrogens with zero attached hydrogens (tertiary/aromatic N) is 1. The molecule has 0 bridgehead atoms. The van der Waals surface area contributed by atoms with E-state index in [0.29, 0.717) is 3.58 Å². The Hall–Kier alpha value is -0.610. The van der Waals surface area contributed by atoms with Crippen LogP contribution in [0.25, 0.3) is 0 Å². The fourth-order valence-electron chi connectivity index (χ4n) is 3.16. The number of sulfonamides is 1. The third-order valence-electron chi connectivity index (χ3n) is 4.41. The van der Waals surface area contributed by atoms with E-state index in [0.717, 1.165) is 9.87 Å². The van der Waals surface area contributed by atoms with E-state index < -0.39 is 34.0 Å². The molecule has 24 heavy (non-hydrogen) atoms. The van der Waals surface area contributed by atoms with E-state index >= 15 is 0 Å². The van der Waals surface area contributed by atoms with Gasteiger partial charge in [-0.05, 0) is 50.6 Å². The average Bonchev–Trinajstić information content (AvgIpc) is 2.75. The number of alkyl halides is 3. The molecule has 0 amide bonds. The molecule has 1 aromatic rings. The van der Waals surface area contributed by atoms with Gasteiger partial charge in [0, 0.05) is 19.0 Å². The Labute approximate surface area is 154 Å². The highest BCUT2D eigenvalue weighted by Crippen LogP contribution is 2.49. The first-order valence-electron chi connectivity index (χ1n) is 7.33. The van der Waals surface area contributed by atoms with Crippen LogP contribution in [0.2, 0.25) is 0 Å². The van der Waals surface area contributed by atoms with E-state index in [9.17, 15) is 21.6 Å². The van der Waals surface area contributed by atoms with Gasteiger partial charge in [-0.25, -0.2) is 8.42 Å². The van der Waals surface area contributed by atoms with Gasteiger partial charge in [0.25, 0.3) is 0 Å². The number of rotatable bonds is 4. The van der Waals surface area contributed by atoms with Crippen LogP contribution < -0.4 is 0 Å². The lowest BCUT2D eigenvalue weighted by Crippen LogP contribution is -2.34. The molecule has 2 atom stereocenters. The minimum Gasteiger partial charge on any atom is -0.207 e. The van der Waals surface area contributed by atoms with Gasteiger partial charge in [-0.1, -0.05) is 31.2 Å². The van der Waals surface area contributed by atoms with Gasteiger partial charge < -0.3 is 0 Å².